The van der Waals surface area contributed by atoms with E-state index in [0.717, 1.165) is 4.90 Å². The topological polar surface area (TPSA) is 75.7 Å². The van der Waals surface area contributed by atoms with Gasteiger partial charge >= 0.3 is 6.03 Å². The number of hydrogen-bond acceptors (Lipinski definition) is 4. The van der Waals surface area contributed by atoms with Crippen LogP contribution in [0.2, 0.25) is 5.02 Å². The molecule has 0 unspecified atom stereocenters. The lowest BCUT2D eigenvalue weighted by Gasteiger charge is -2.26. The molecule has 0 spiro atoms. The van der Waals surface area contributed by atoms with Gasteiger partial charge in [-0.2, -0.15) is 0 Å². The van der Waals surface area contributed by atoms with Gasteiger partial charge in [0.15, 0.2) is 0 Å². The predicted molar refractivity (Wildman–Crippen MR) is 135 cm³/mol. The Balaban J connectivity index is 1.73. The summed E-state index contributed by atoms with van der Waals surface area (Å²) in [6, 6.07) is 15.2. The van der Waals surface area contributed by atoms with Gasteiger partial charge in [0.05, 0.1) is 12.3 Å². The number of rotatable bonds is 6. The Hall–Kier alpha value is -3.49. The van der Waals surface area contributed by atoms with Gasteiger partial charge in [-0.15, -0.1) is 0 Å². The van der Waals surface area contributed by atoms with Crippen molar-refractivity contribution in [2.45, 2.75) is 13.3 Å². The number of ether oxygens (including phenoxy) is 1. The lowest BCUT2D eigenvalue weighted by atomic mass is 10.00. The minimum atomic E-state index is -0.865. The summed E-state index contributed by atoms with van der Waals surface area (Å²) >= 11 is 9.52. The van der Waals surface area contributed by atoms with E-state index in [-0.39, 0.29) is 23.5 Å². The molecule has 0 aliphatic carbocycles. The van der Waals surface area contributed by atoms with Crippen LogP contribution in [-0.2, 0) is 16.0 Å². The van der Waals surface area contributed by atoms with Crippen LogP contribution in [0.5, 0.6) is 5.75 Å². The van der Waals surface area contributed by atoms with Crippen LogP contribution in [0.25, 0.3) is 6.08 Å². The van der Waals surface area contributed by atoms with Crippen molar-refractivity contribution in [3.63, 3.8) is 0 Å². The molecule has 0 saturated carbocycles. The van der Waals surface area contributed by atoms with Crippen LogP contribution in [0.4, 0.5) is 14.9 Å². The number of halogens is 3. The molecular weight excluding hydrogens is 539 g/mol. The van der Waals surface area contributed by atoms with E-state index in [1.807, 2.05) is 6.92 Å². The Kier molecular flexibility index (Phi) is 7.33. The zero-order valence-corrected chi connectivity index (χ0v) is 20.8. The first kappa shape index (κ1) is 24.6. The Morgan fingerprint density at radius 3 is 2.57 bits per heavy atom. The summed E-state index contributed by atoms with van der Waals surface area (Å²) in [5.41, 5.74) is 1.69. The average molecular weight is 558 g/mol. The second-order valence-corrected chi connectivity index (χ2v) is 8.91. The molecule has 1 heterocycles. The van der Waals surface area contributed by atoms with E-state index in [1.165, 1.54) is 24.3 Å². The Bertz CT molecular complexity index is 1380. The first-order chi connectivity index (χ1) is 16.8. The first-order valence-electron chi connectivity index (χ1n) is 10.6. The van der Waals surface area contributed by atoms with E-state index in [1.54, 1.807) is 42.5 Å². The Morgan fingerprint density at radius 1 is 1.09 bits per heavy atom. The van der Waals surface area contributed by atoms with Gasteiger partial charge in [0.1, 0.15) is 17.1 Å². The fourth-order valence-electron chi connectivity index (χ4n) is 3.68. The van der Waals surface area contributed by atoms with Gasteiger partial charge in [-0.25, -0.2) is 14.1 Å². The second-order valence-electron chi connectivity index (χ2n) is 7.62. The van der Waals surface area contributed by atoms with Crippen molar-refractivity contribution in [3.05, 3.63) is 98.2 Å². The van der Waals surface area contributed by atoms with Crippen molar-refractivity contribution in [2.24, 2.45) is 0 Å². The number of benzene rings is 3. The quantitative estimate of drug-likeness (QED) is 0.303. The number of hydrogen-bond donors (Lipinski definition) is 1. The maximum atomic E-state index is 14.2. The molecule has 0 radical (unpaired) electrons. The molecule has 1 aliphatic heterocycles. The highest BCUT2D eigenvalue weighted by Crippen LogP contribution is 2.33. The molecule has 4 rings (SSSR count). The number of anilines is 1. The fourth-order valence-corrected chi connectivity index (χ4v) is 4.46. The third-order valence-electron chi connectivity index (χ3n) is 5.28. The van der Waals surface area contributed by atoms with Crippen LogP contribution in [-0.4, -0.2) is 24.5 Å². The molecule has 35 heavy (non-hydrogen) atoms. The van der Waals surface area contributed by atoms with Crippen LogP contribution in [0.3, 0.4) is 0 Å². The van der Waals surface area contributed by atoms with E-state index in [4.69, 9.17) is 16.3 Å². The fraction of sp³-hybridized carbons (Fsp3) is 0.115. The minimum absolute atomic E-state index is 0.231. The summed E-state index contributed by atoms with van der Waals surface area (Å²) in [5.74, 6) is -1.46. The molecule has 6 nitrogen and oxygen atoms in total. The molecule has 178 valence electrons. The smallest absolute Gasteiger partial charge is 0.335 e. The van der Waals surface area contributed by atoms with Crippen molar-refractivity contribution >= 4 is 57.1 Å². The standard InChI is InChI=1S/C26H19BrClFN2O4/c1-2-35-23-12-15(11-21(27)19(23)13-16-6-3-4-9-22(16)29)10-20-24(32)30-26(34)31(25(20)33)18-8-5-7-17(28)14-18/h3-12,14H,2,13H2,1H3,(H,30,32,34)/b20-10+. The zero-order valence-electron chi connectivity index (χ0n) is 18.5. The predicted octanol–water partition coefficient (Wildman–Crippen LogP) is 5.90. The zero-order chi connectivity index (χ0) is 25.1. The summed E-state index contributed by atoms with van der Waals surface area (Å²) in [6.45, 7) is 2.17. The van der Waals surface area contributed by atoms with Gasteiger partial charge in [-0.1, -0.05) is 51.8 Å². The van der Waals surface area contributed by atoms with Crippen LogP contribution < -0.4 is 15.0 Å². The first-order valence-corrected chi connectivity index (χ1v) is 11.8. The molecule has 1 aliphatic rings. The maximum Gasteiger partial charge on any atom is 0.335 e. The van der Waals surface area contributed by atoms with Crippen LogP contribution in [0.1, 0.15) is 23.6 Å². The second kappa shape index (κ2) is 10.4. The summed E-state index contributed by atoms with van der Waals surface area (Å²) in [7, 11) is 0. The van der Waals surface area contributed by atoms with E-state index in [2.05, 4.69) is 21.2 Å². The molecule has 1 fully saturated rings. The molecule has 9 heteroatoms. The number of urea groups is 1. The van der Waals surface area contributed by atoms with E-state index in [0.29, 0.717) is 38.5 Å². The highest BCUT2D eigenvalue weighted by molar-refractivity contribution is 9.10. The molecule has 3 aromatic rings. The van der Waals surface area contributed by atoms with Crippen molar-refractivity contribution < 1.29 is 23.5 Å². The monoisotopic (exact) mass is 556 g/mol. The lowest BCUT2D eigenvalue weighted by molar-refractivity contribution is -0.122. The van der Waals surface area contributed by atoms with E-state index < -0.39 is 17.8 Å². The van der Waals surface area contributed by atoms with Gasteiger partial charge in [-0.05, 0) is 60.5 Å². The van der Waals surface area contributed by atoms with Crippen LogP contribution in [0.15, 0.2) is 70.7 Å². The number of amides is 4. The molecule has 0 bridgehead atoms. The van der Waals surface area contributed by atoms with Crippen molar-refractivity contribution in [2.75, 3.05) is 11.5 Å². The largest absolute Gasteiger partial charge is 0.494 e. The maximum absolute atomic E-state index is 14.2. The molecule has 1 saturated heterocycles. The van der Waals surface area contributed by atoms with Crippen molar-refractivity contribution in [1.82, 2.24) is 5.32 Å². The third kappa shape index (κ3) is 5.28. The van der Waals surface area contributed by atoms with Crippen LogP contribution >= 0.6 is 27.5 Å². The number of barbiturate groups is 1. The number of nitrogens with one attached hydrogen (secondary N) is 1. The highest BCUT2D eigenvalue weighted by Gasteiger charge is 2.37. The van der Waals surface area contributed by atoms with Gasteiger partial charge in [0.2, 0.25) is 0 Å². The molecule has 4 amide bonds. The number of carbonyl (C=O) groups is 3. The van der Waals surface area contributed by atoms with Gasteiger partial charge in [0, 0.05) is 21.5 Å². The normalized spacial score (nSPS) is 14.9. The Labute approximate surface area is 214 Å². The lowest BCUT2D eigenvalue weighted by Crippen LogP contribution is -2.54. The molecule has 0 atom stereocenters. The Morgan fingerprint density at radius 2 is 1.86 bits per heavy atom. The molecule has 0 aromatic heterocycles. The average Bonchev–Trinajstić information content (AvgIpc) is 2.80. The van der Waals surface area contributed by atoms with E-state index >= 15 is 0 Å². The number of imide groups is 2. The van der Waals surface area contributed by atoms with Gasteiger partial charge in [0.25, 0.3) is 11.8 Å². The minimum Gasteiger partial charge on any atom is -0.494 e. The SMILES string of the molecule is CCOc1cc(/C=C2\C(=O)NC(=O)N(c3cccc(Cl)c3)C2=O)cc(Br)c1Cc1ccccc1F. The summed E-state index contributed by atoms with van der Waals surface area (Å²) in [6.07, 6.45) is 1.65. The van der Waals surface area contributed by atoms with Crippen LogP contribution in [0, 0.1) is 5.82 Å². The van der Waals surface area contributed by atoms with Crippen molar-refractivity contribution in [3.8, 4) is 5.75 Å². The number of nitrogens with zero attached hydrogens (tertiary/aromatic N) is 1. The van der Waals surface area contributed by atoms with Gasteiger partial charge in [-0.3, -0.25) is 14.9 Å². The summed E-state index contributed by atoms with van der Waals surface area (Å²) < 4.78 is 20.6. The van der Waals surface area contributed by atoms with Crippen molar-refractivity contribution in [1.29, 1.82) is 0 Å². The molecule has 1 N–H and O–H groups in total. The highest BCUT2D eigenvalue weighted by atomic mass is 79.9. The summed E-state index contributed by atoms with van der Waals surface area (Å²) in [5, 5.41) is 2.52. The summed E-state index contributed by atoms with van der Waals surface area (Å²) in [4.78, 5) is 39.0. The molecule has 3 aromatic carbocycles. The van der Waals surface area contributed by atoms with Gasteiger partial charge < -0.3 is 4.74 Å². The molecular formula is C26H19BrClFN2O4. The number of carbonyl (C=O) groups excluding carboxylic acids is 3. The van der Waals surface area contributed by atoms with E-state index in [9.17, 15) is 18.8 Å². The third-order valence-corrected chi connectivity index (χ3v) is 6.22.